The largest absolute Gasteiger partial charge is 0.373 e. The molecule has 0 aromatic carbocycles. The van der Waals surface area contributed by atoms with Crippen molar-refractivity contribution in [3.8, 4) is 0 Å². The Hall–Kier alpha value is -6.78. The number of hydrogen-bond acceptors (Lipinski definition) is 24. The molecule has 6 saturated carbocycles. The summed E-state index contributed by atoms with van der Waals surface area (Å²) in [6.45, 7) is 45.8. The molecule has 0 N–H and O–H groups in total. The zero-order chi connectivity index (χ0) is 89.6. The van der Waals surface area contributed by atoms with Crippen LogP contribution in [0.15, 0.2) is 110 Å². The van der Waals surface area contributed by atoms with Gasteiger partial charge in [0.15, 0.2) is 0 Å². The van der Waals surface area contributed by atoms with E-state index < -0.39 is 0 Å². The molecular formula is C102H162N18O6. The third kappa shape index (κ3) is 26.3. The van der Waals surface area contributed by atoms with Crippen molar-refractivity contribution in [3.05, 3.63) is 144 Å². The SMILES string of the molecule is CC(C)c1ccc(N2CCOC(C3(N(C)C)CC3)C2)cn1.CC(C)c1ccc(N2CCOC(CN(C)C3CC3)C2)cn1.CC(C)c1ccc(N2CCO[C@@H](C3(N(C)C)CC3)C2)cn1.CC(C)c1ccc(N2CCO[C@@H](CN(C)C3CC3)C2)cn1.CC(C)c1ccc(N2CCO[C@H](C3(N(C)C)CC3)C2)cn1.CC(C)c1ccc(N2CCO[C@H](CN(C)C3CC3)C2)cn1. The normalized spacial score (nSPS) is 23.9. The molecule has 24 heteroatoms. The maximum Gasteiger partial charge on any atom is 0.0933 e. The number of morpholine rings is 6. The third-order valence-corrected chi connectivity index (χ3v) is 28.7. The van der Waals surface area contributed by atoms with Crippen molar-refractivity contribution in [1.82, 2.24) is 59.3 Å². The second-order valence-electron chi connectivity index (χ2n) is 40.8. The molecule has 24 nitrogen and oxygen atoms in total. The fourth-order valence-electron chi connectivity index (χ4n) is 18.9. The molecule has 6 aromatic rings. The van der Waals surface area contributed by atoms with Crippen LogP contribution in [0.1, 0.15) is 230 Å². The maximum atomic E-state index is 6.08. The van der Waals surface area contributed by atoms with E-state index in [4.69, 9.17) is 28.4 Å². The Balaban J connectivity index is 0.000000130. The van der Waals surface area contributed by atoms with Crippen LogP contribution in [0.2, 0.25) is 0 Å². The second-order valence-corrected chi connectivity index (χ2v) is 40.8. The minimum absolute atomic E-state index is 0.268. The molecular weight excluding hydrogens is 1570 g/mol. The number of hydrogen-bond donors (Lipinski definition) is 0. The molecule has 0 bridgehead atoms. The van der Waals surface area contributed by atoms with Crippen molar-refractivity contribution in [2.75, 3.05) is 231 Å². The van der Waals surface area contributed by atoms with Gasteiger partial charge in [-0.05, 0) is 249 Å². The number of rotatable bonds is 27. The first-order valence-electron chi connectivity index (χ1n) is 48.6. The van der Waals surface area contributed by atoms with Crippen molar-refractivity contribution >= 4 is 34.1 Å². The van der Waals surface area contributed by atoms with Gasteiger partial charge in [-0.15, -0.1) is 0 Å². The van der Waals surface area contributed by atoms with Crippen molar-refractivity contribution in [2.24, 2.45) is 0 Å². The van der Waals surface area contributed by atoms with Gasteiger partial charge < -0.3 is 87.2 Å². The number of likely N-dealkylation sites (N-methyl/N-ethyl adjacent to an activating group) is 6. The lowest BCUT2D eigenvalue weighted by Crippen LogP contribution is -2.53. The Bertz CT molecular complexity index is 3770. The Morgan fingerprint density at radius 1 is 0.270 bits per heavy atom. The number of pyridine rings is 6. The molecule has 0 amide bonds. The fraction of sp³-hybridized carbons (Fsp3) is 0.706. The lowest BCUT2D eigenvalue weighted by atomic mass is 10.1. The van der Waals surface area contributed by atoms with Crippen LogP contribution in [0.25, 0.3) is 0 Å². The predicted molar refractivity (Wildman–Crippen MR) is 516 cm³/mol. The highest BCUT2D eigenvalue weighted by molar-refractivity contribution is 5.51. The first-order chi connectivity index (χ1) is 60.5. The zero-order valence-electron chi connectivity index (χ0n) is 81.4. The van der Waals surface area contributed by atoms with Crippen molar-refractivity contribution in [2.45, 2.75) is 267 Å². The summed E-state index contributed by atoms with van der Waals surface area (Å²) in [6.07, 6.45) is 29.6. The summed E-state index contributed by atoms with van der Waals surface area (Å²) in [6, 6.07) is 28.6. The van der Waals surface area contributed by atoms with Crippen molar-refractivity contribution < 1.29 is 28.4 Å². The number of anilines is 6. The Morgan fingerprint density at radius 3 is 0.603 bits per heavy atom. The lowest BCUT2D eigenvalue weighted by molar-refractivity contribution is -0.0216. The first-order valence-corrected chi connectivity index (χ1v) is 48.6. The lowest BCUT2D eigenvalue weighted by Gasteiger charge is -2.40. The third-order valence-electron chi connectivity index (χ3n) is 28.7. The van der Waals surface area contributed by atoms with Gasteiger partial charge in [-0.2, -0.15) is 0 Å². The van der Waals surface area contributed by atoms with Gasteiger partial charge in [0.05, 0.1) is 148 Å². The standard InChI is InChI=1S/6C17H27N3O/c3*1-13(2)15-6-5-14(11-18-15)20-9-10-21-16(12-20)17(7-8-17)19(3)4;3*1-13(2)17-7-6-15(10-18-17)20-8-9-21-16(12-20)11-19(3)14-4-5-14/h3*5-6,11,13,16H,7-10,12H2,1-4H3;3*6-7,10,13-14,16H,4-5,8-9,11-12H2,1-3H3/t2*16-;;2*16-;/m10.10./s1. The Morgan fingerprint density at radius 2 is 0.452 bits per heavy atom. The summed E-state index contributed by atoms with van der Waals surface area (Å²) < 4.78 is 36.0. The topological polar surface area (TPSA) is 172 Å². The molecule has 0 radical (unpaired) electrons. The molecule has 0 spiro atoms. The molecule has 6 aliphatic carbocycles. The number of aromatic nitrogens is 6. The van der Waals surface area contributed by atoms with Crippen LogP contribution in [0.4, 0.5) is 34.1 Å². The highest BCUT2D eigenvalue weighted by Crippen LogP contribution is 2.48. The van der Waals surface area contributed by atoms with Gasteiger partial charge in [-0.3, -0.25) is 29.9 Å². The van der Waals surface area contributed by atoms with Crippen molar-refractivity contribution in [3.63, 3.8) is 0 Å². The average molecular weight is 1740 g/mol. The fourth-order valence-corrected chi connectivity index (χ4v) is 18.9. The van der Waals surface area contributed by atoms with E-state index in [0.29, 0.717) is 72.1 Å². The summed E-state index contributed by atoms with van der Waals surface area (Å²) in [4.78, 5) is 56.5. The Kier molecular flexibility index (Phi) is 34.1. The van der Waals surface area contributed by atoms with Crippen molar-refractivity contribution in [1.29, 1.82) is 0 Å². The molecule has 6 saturated heterocycles. The van der Waals surface area contributed by atoms with Gasteiger partial charge in [0.2, 0.25) is 0 Å². The highest BCUT2D eigenvalue weighted by atomic mass is 16.5. The molecule has 2 unspecified atom stereocenters. The zero-order valence-corrected chi connectivity index (χ0v) is 81.4. The smallest absolute Gasteiger partial charge is 0.0933 e. The van der Waals surface area contributed by atoms with E-state index in [1.54, 1.807) is 0 Å². The summed E-state index contributed by atoms with van der Waals surface area (Å²) in [5, 5.41) is 0. The van der Waals surface area contributed by atoms with Gasteiger partial charge in [-0.25, -0.2) is 0 Å². The molecule has 6 atom stereocenters. The van der Waals surface area contributed by atoms with E-state index in [0.717, 1.165) is 190 Å². The molecule has 6 aliphatic heterocycles. The van der Waals surface area contributed by atoms with E-state index in [1.165, 1.54) is 111 Å². The van der Waals surface area contributed by atoms with Crippen LogP contribution in [-0.4, -0.2) is 332 Å². The summed E-state index contributed by atoms with van der Waals surface area (Å²) in [7, 11) is 19.7. The van der Waals surface area contributed by atoms with Crippen LogP contribution in [0, 0.1) is 0 Å². The van der Waals surface area contributed by atoms with Gasteiger partial charge in [0.1, 0.15) is 0 Å². The second kappa shape index (κ2) is 44.4. The summed E-state index contributed by atoms with van der Waals surface area (Å²) in [5.41, 5.74) is 15.1. The summed E-state index contributed by atoms with van der Waals surface area (Å²) >= 11 is 0. The minimum Gasteiger partial charge on any atom is -0.373 e. The molecule has 12 aliphatic rings. The number of nitrogens with zero attached hydrogens (tertiary/aromatic N) is 18. The summed E-state index contributed by atoms with van der Waals surface area (Å²) in [5.74, 6) is 2.93. The van der Waals surface area contributed by atoms with E-state index in [1.807, 2.05) is 37.2 Å². The van der Waals surface area contributed by atoms with Crippen LogP contribution in [0.3, 0.4) is 0 Å². The monoisotopic (exact) mass is 1740 g/mol. The van der Waals surface area contributed by atoms with Gasteiger partial charge in [0, 0.05) is 167 Å². The molecule has 18 rings (SSSR count). The molecule has 6 aromatic heterocycles. The molecule has 696 valence electrons. The molecule has 12 fully saturated rings. The van der Waals surface area contributed by atoms with E-state index in [-0.39, 0.29) is 16.6 Å². The number of ether oxygens (including phenoxy) is 6. The van der Waals surface area contributed by atoms with Crippen LogP contribution in [-0.2, 0) is 28.4 Å². The van der Waals surface area contributed by atoms with Gasteiger partial charge in [-0.1, -0.05) is 83.1 Å². The Labute approximate surface area is 759 Å². The van der Waals surface area contributed by atoms with Gasteiger partial charge >= 0.3 is 0 Å². The van der Waals surface area contributed by atoms with Crippen LogP contribution < -0.4 is 29.4 Å². The van der Waals surface area contributed by atoms with E-state index in [2.05, 4.69) is 308 Å². The quantitative estimate of drug-likeness (QED) is 0.0476. The van der Waals surface area contributed by atoms with Gasteiger partial charge in [0.25, 0.3) is 0 Å². The maximum absolute atomic E-state index is 6.08. The van der Waals surface area contributed by atoms with E-state index in [9.17, 15) is 0 Å². The minimum atomic E-state index is 0.268. The van der Waals surface area contributed by atoms with E-state index >= 15 is 0 Å². The van der Waals surface area contributed by atoms with Crippen LogP contribution >= 0.6 is 0 Å². The molecule has 126 heavy (non-hydrogen) atoms. The highest BCUT2D eigenvalue weighted by Gasteiger charge is 2.56. The predicted octanol–water partition coefficient (Wildman–Crippen LogP) is 15.0. The molecule has 12 heterocycles. The van der Waals surface area contributed by atoms with Crippen LogP contribution in [0.5, 0.6) is 0 Å². The first kappa shape index (κ1) is 96.8. The average Bonchev–Trinajstić information content (AvgIpc) is 1.61.